The van der Waals surface area contributed by atoms with Gasteiger partial charge in [-0.2, -0.15) is 0 Å². The zero-order valence-corrected chi connectivity index (χ0v) is 14.3. The number of rotatable bonds is 6. The minimum absolute atomic E-state index is 0.154. The van der Waals surface area contributed by atoms with Crippen molar-refractivity contribution in [3.63, 3.8) is 0 Å². The lowest BCUT2D eigenvalue weighted by Gasteiger charge is -2.24. The van der Waals surface area contributed by atoms with Crippen LogP contribution in [0.25, 0.3) is 0 Å². The van der Waals surface area contributed by atoms with Gasteiger partial charge in [-0.25, -0.2) is 0 Å². The molecule has 6 heteroatoms. The number of ether oxygens (including phenoxy) is 1. The van der Waals surface area contributed by atoms with Crippen LogP contribution >= 0.6 is 23.2 Å². The van der Waals surface area contributed by atoms with Gasteiger partial charge in [0, 0.05) is 10.7 Å². The predicted octanol–water partition coefficient (Wildman–Crippen LogP) is 3.68. The summed E-state index contributed by atoms with van der Waals surface area (Å²) in [6.45, 7) is 4.78. The molecule has 0 aliphatic rings. The molecule has 1 aromatic carbocycles. The topological polar surface area (TPSA) is 46.6 Å². The highest BCUT2D eigenvalue weighted by atomic mass is 35.5. The maximum atomic E-state index is 12.1. The number of esters is 1. The summed E-state index contributed by atoms with van der Waals surface area (Å²) in [6, 6.07) is 9.30. The smallest absolute Gasteiger partial charge is 0.326 e. The van der Waals surface area contributed by atoms with Crippen molar-refractivity contribution >= 4 is 35.1 Å². The number of halogens is 2. The molecule has 1 aromatic rings. The molecule has 0 heterocycles. The van der Waals surface area contributed by atoms with E-state index in [1.807, 2.05) is 30.3 Å². The molecular weight excluding hydrogens is 325 g/mol. The molecule has 1 rings (SSSR count). The molecule has 0 saturated carbocycles. The number of carbonyl (C=O) groups excluding carboxylic acids is 2. The van der Waals surface area contributed by atoms with Crippen LogP contribution in [-0.4, -0.2) is 28.7 Å². The van der Waals surface area contributed by atoms with E-state index in [1.165, 1.54) is 4.90 Å². The highest BCUT2D eigenvalue weighted by molar-refractivity contribution is 6.31. The monoisotopic (exact) mass is 343 g/mol. The van der Waals surface area contributed by atoms with Crippen molar-refractivity contribution in [3.8, 4) is 0 Å². The number of hydrogen-bond donors (Lipinski definition) is 0. The molecule has 0 fully saturated rings. The maximum Gasteiger partial charge on any atom is 0.326 e. The Morgan fingerprint density at radius 3 is 2.32 bits per heavy atom. The van der Waals surface area contributed by atoms with Gasteiger partial charge < -0.3 is 9.64 Å². The van der Waals surface area contributed by atoms with Crippen LogP contribution in [0.2, 0.25) is 0 Å². The van der Waals surface area contributed by atoms with Crippen LogP contribution < -0.4 is 0 Å². The minimum atomic E-state index is -0.757. The van der Waals surface area contributed by atoms with Crippen molar-refractivity contribution in [2.24, 2.45) is 0 Å². The summed E-state index contributed by atoms with van der Waals surface area (Å²) >= 11 is 11.7. The molecule has 0 spiro atoms. The zero-order chi connectivity index (χ0) is 16.7. The first-order valence-corrected chi connectivity index (χ1v) is 7.62. The van der Waals surface area contributed by atoms with Crippen LogP contribution in [-0.2, 0) is 20.9 Å². The second kappa shape index (κ2) is 8.81. The molecule has 0 aliphatic carbocycles. The second-order valence-corrected chi connectivity index (χ2v) is 6.03. The third-order valence-corrected chi connectivity index (χ3v) is 3.50. The van der Waals surface area contributed by atoms with E-state index in [9.17, 15) is 9.59 Å². The molecule has 1 amide bonds. The Labute approximate surface area is 140 Å². The molecule has 1 unspecified atom stereocenters. The summed E-state index contributed by atoms with van der Waals surface area (Å²) < 4.78 is 5.18. The normalized spacial score (nSPS) is 13.1. The number of alkyl halides is 1. The second-order valence-electron chi connectivity index (χ2n) is 4.81. The van der Waals surface area contributed by atoms with Crippen LogP contribution in [0, 0.1) is 0 Å². The predicted molar refractivity (Wildman–Crippen MR) is 87.5 cm³/mol. The van der Waals surface area contributed by atoms with Crippen molar-refractivity contribution in [3.05, 3.63) is 46.6 Å². The Balaban J connectivity index is 2.71. The summed E-state index contributed by atoms with van der Waals surface area (Å²) in [5.41, 5.74) is 1.36. The van der Waals surface area contributed by atoms with Gasteiger partial charge in [0.1, 0.15) is 18.5 Å². The van der Waals surface area contributed by atoms with Crippen LogP contribution in [0.4, 0.5) is 0 Å². The average Bonchev–Trinajstić information content (AvgIpc) is 2.50. The molecule has 0 saturated heterocycles. The molecular formula is C16H19Cl2NO3. The highest BCUT2D eigenvalue weighted by Gasteiger charge is 2.24. The van der Waals surface area contributed by atoms with Crippen molar-refractivity contribution < 1.29 is 14.3 Å². The minimum Gasteiger partial charge on any atom is -0.459 e. The van der Waals surface area contributed by atoms with Gasteiger partial charge in [-0.3, -0.25) is 9.59 Å². The lowest BCUT2D eigenvalue weighted by molar-refractivity contribution is -0.149. The van der Waals surface area contributed by atoms with Gasteiger partial charge in [-0.15, -0.1) is 11.6 Å². The van der Waals surface area contributed by atoms with E-state index in [-0.39, 0.29) is 13.2 Å². The number of allylic oxidation sites excluding steroid dienone is 2. The molecule has 120 valence electrons. The molecule has 4 nitrogen and oxygen atoms in total. The summed E-state index contributed by atoms with van der Waals surface area (Å²) in [7, 11) is 0. The van der Waals surface area contributed by atoms with Gasteiger partial charge in [0.05, 0.1) is 0 Å². The van der Waals surface area contributed by atoms with Gasteiger partial charge in [0.15, 0.2) is 0 Å². The van der Waals surface area contributed by atoms with E-state index >= 15 is 0 Å². The lowest BCUT2D eigenvalue weighted by Crippen LogP contribution is -2.39. The quantitative estimate of drug-likeness (QED) is 0.584. The van der Waals surface area contributed by atoms with Crippen molar-refractivity contribution in [1.82, 2.24) is 4.90 Å². The number of benzene rings is 1. The SMILES string of the molecule is C/C(Cl)=C(/C)N(CC(=O)OCc1ccccc1)C(=O)C(C)Cl. The fraction of sp³-hybridized carbons (Fsp3) is 0.375. The van der Waals surface area contributed by atoms with Gasteiger partial charge in [-0.05, 0) is 26.3 Å². The van der Waals surface area contributed by atoms with Crippen LogP contribution in [0.3, 0.4) is 0 Å². The first-order chi connectivity index (χ1) is 10.3. The number of hydrogen-bond acceptors (Lipinski definition) is 3. The summed E-state index contributed by atoms with van der Waals surface area (Å²) in [4.78, 5) is 25.3. The third kappa shape index (κ3) is 5.70. The first kappa shape index (κ1) is 18.5. The molecule has 0 N–H and O–H groups in total. The van der Waals surface area contributed by atoms with E-state index in [0.717, 1.165) is 5.56 Å². The average molecular weight is 344 g/mol. The maximum absolute atomic E-state index is 12.1. The Morgan fingerprint density at radius 1 is 1.23 bits per heavy atom. The fourth-order valence-electron chi connectivity index (χ4n) is 1.68. The van der Waals surface area contributed by atoms with E-state index in [4.69, 9.17) is 27.9 Å². The Morgan fingerprint density at radius 2 is 1.82 bits per heavy atom. The van der Waals surface area contributed by atoms with Crippen LogP contribution in [0.5, 0.6) is 0 Å². The van der Waals surface area contributed by atoms with E-state index in [2.05, 4.69) is 0 Å². The number of nitrogens with zero attached hydrogens (tertiary/aromatic N) is 1. The molecule has 1 atom stereocenters. The zero-order valence-electron chi connectivity index (χ0n) is 12.8. The van der Waals surface area contributed by atoms with Gasteiger partial charge in [0.2, 0.25) is 5.91 Å². The van der Waals surface area contributed by atoms with Gasteiger partial charge in [0.25, 0.3) is 0 Å². The molecule has 22 heavy (non-hydrogen) atoms. The lowest BCUT2D eigenvalue weighted by atomic mass is 10.2. The third-order valence-electron chi connectivity index (χ3n) is 3.04. The number of amides is 1. The van der Waals surface area contributed by atoms with E-state index in [1.54, 1.807) is 20.8 Å². The van der Waals surface area contributed by atoms with Crippen LogP contribution in [0.15, 0.2) is 41.1 Å². The fourth-order valence-corrected chi connectivity index (χ4v) is 1.90. The summed E-state index contributed by atoms with van der Waals surface area (Å²) in [5.74, 6) is -0.914. The molecule has 0 aromatic heterocycles. The number of carbonyl (C=O) groups is 2. The Kier molecular flexibility index (Phi) is 7.42. The Bertz CT molecular complexity index is 552. The van der Waals surface area contributed by atoms with Crippen LogP contribution in [0.1, 0.15) is 26.3 Å². The molecule has 0 aliphatic heterocycles. The summed E-state index contributed by atoms with van der Waals surface area (Å²) in [6.07, 6.45) is 0. The summed E-state index contributed by atoms with van der Waals surface area (Å²) in [5, 5.41) is -0.339. The van der Waals surface area contributed by atoms with Crippen molar-refractivity contribution in [1.29, 1.82) is 0 Å². The first-order valence-electron chi connectivity index (χ1n) is 6.81. The van der Waals surface area contributed by atoms with E-state index in [0.29, 0.717) is 10.7 Å². The Hall–Kier alpha value is -1.52. The molecule has 0 bridgehead atoms. The van der Waals surface area contributed by atoms with Gasteiger partial charge >= 0.3 is 5.97 Å². The largest absolute Gasteiger partial charge is 0.459 e. The van der Waals surface area contributed by atoms with E-state index < -0.39 is 17.3 Å². The highest BCUT2D eigenvalue weighted by Crippen LogP contribution is 2.16. The van der Waals surface area contributed by atoms with Crippen molar-refractivity contribution in [2.75, 3.05) is 6.54 Å². The van der Waals surface area contributed by atoms with Gasteiger partial charge in [-0.1, -0.05) is 41.9 Å². The molecule has 0 radical (unpaired) electrons. The standard InChI is InChI=1S/C16H19Cl2NO3/c1-11(17)13(3)19(16(21)12(2)18)9-15(20)22-10-14-7-5-4-6-8-14/h4-8,12H,9-10H2,1-3H3/b13-11+. The van der Waals surface area contributed by atoms with Crippen molar-refractivity contribution in [2.45, 2.75) is 32.8 Å².